The molecule has 2 aromatic heterocycles. The number of fused-ring (bicyclic) bond motifs is 1. The average Bonchev–Trinajstić information content (AvgIpc) is 2.58. The lowest BCUT2D eigenvalue weighted by Gasteiger charge is -2.25. The molecule has 3 heterocycles. The predicted octanol–water partition coefficient (Wildman–Crippen LogP) is 0.727. The van der Waals surface area contributed by atoms with Crippen LogP contribution < -0.4 is 5.32 Å². The first-order valence-electron chi connectivity index (χ1n) is 4.97. The standard InChI is InChI=1S/C10H11N3OS/c14-9(7-4-11-5-7)3-8-6-13-1-2-15-10(13)12-8/h1-2,6-7,11H,3-5H2. The first-order valence-corrected chi connectivity index (χ1v) is 5.85. The van der Waals surface area contributed by atoms with Crippen LogP contribution in [0.15, 0.2) is 17.8 Å². The third-order valence-electron chi connectivity index (χ3n) is 2.74. The van der Waals surface area contributed by atoms with Gasteiger partial charge >= 0.3 is 0 Å². The number of hydrogen-bond donors (Lipinski definition) is 1. The second-order valence-electron chi connectivity index (χ2n) is 3.82. The highest BCUT2D eigenvalue weighted by Crippen LogP contribution is 2.14. The van der Waals surface area contributed by atoms with Gasteiger partial charge in [0.1, 0.15) is 5.78 Å². The molecule has 4 nitrogen and oxygen atoms in total. The number of hydrogen-bond acceptors (Lipinski definition) is 4. The van der Waals surface area contributed by atoms with Crippen molar-refractivity contribution in [2.24, 2.45) is 5.92 Å². The molecule has 5 heteroatoms. The van der Waals surface area contributed by atoms with Crippen molar-refractivity contribution in [2.45, 2.75) is 6.42 Å². The van der Waals surface area contributed by atoms with E-state index in [0.717, 1.165) is 23.7 Å². The van der Waals surface area contributed by atoms with Crippen LogP contribution in [0, 0.1) is 5.92 Å². The van der Waals surface area contributed by atoms with Crippen molar-refractivity contribution in [2.75, 3.05) is 13.1 Å². The Labute approximate surface area is 90.9 Å². The molecule has 1 saturated heterocycles. The summed E-state index contributed by atoms with van der Waals surface area (Å²) in [6.07, 6.45) is 4.38. The summed E-state index contributed by atoms with van der Waals surface area (Å²) in [7, 11) is 0. The van der Waals surface area contributed by atoms with Crippen molar-refractivity contribution in [3.8, 4) is 0 Å². The molecule has 2 aromatic rings. The minimum Gasteiger partial charge on any atom is -0.315 e. The lowest BCUT2D eigenvalue weighted by atomic mass is 9.95. The number of ketones is 1. The Bertz CT molecular complexity index is 469. The summed E-state index contributed by atoms with van der Waals surface area (Å²) < 4.78 is 1.96. The average molecular weight is 221 g/mol. The van der Waals surface area contributed by atoms with Crippen LogP contribution in [-0.4, -0.2) is 28.3 Å². The van der Waals surface area contributed by atoms with Crippen molar-refractivity contribution in [3.05, 3.63) is 23.5 Å². The molecule has 1 fully saturated rings. The first-order chi connectivity index (χ1) is 7.33. The van der Waals surface area contributed by atoms with Crippen LogP contribution in [0.2, 0.25) is 0 Å². The van der Waals surface area contributed by atoms with E-state index in [1.165, 1.54) is 0 Å². The largest absolute Gasteiger partial charge is 0.315 e. The van der Waals surface area contributed by atoms with E-state index in [9.17, 15) is 4.79 Å². The van der Waals surface area contributed by atoms with Crippen molar-refractivity contribution in [1.29, 1.82) is 0 Å². The van der Waals surface area contributed by atoms with Crippen LogP contribution in [0.3, 0.4) is 0 Å². The van der Waals surface area contributed by atoms with Gasteiger partial charge in [-0.25, -0.2) is 4.98 Å². The predicted molar refractivity (Wildman–Crippen MR) is 58.1 cm³/mol. The van der Waals surface area contributed by atoms with Crippen molar-refractivity contribution >= 4 is 22.1 Å². The van der Waals surface area contributed by atoms with Gasteiger partial charge in [-0.1, -0.05) is 0 Å². The minimum absolute atomic E-state index is 0.213. The number of carbonyl (C=O) groups is 1. The number of nitrogens with one attached hydrogen (secondary N) is 1. The summed E-state index contributed by atoms with van der Waals surface area (Å²) in [4.78, 5) is 17.1. The maximum atomic E-state index is 11.7. The van der Waals surface area contributed by atoms with E-state index < -0.39 is 0 Å². The van der Waals surface area contributed by atoms with Crippen LogP contribution >= 0.6 is 11.3 Å². The SMILES string of the molecule is O=C(Cc1cn2ccsc2n1)C1CNC1. The van der Waals surface area contributed by atoms with Crippen molar-refractivity contribution < 1.29 is 4.79 Å². The zero-order chi connectivity index (χ0) is 10.3. The van der Waals surface area contributed by atoms with E-state index in [1.54, 1.807) is 11.3 Å². The Morgan fingerprint density at radius 1 is 1.67 bits per heavy atom. The summed E-state index contributed by atoms with van der Waals surface area (Å²) in [5.74, 6) is 0.518. The number of thiazole rings is 1. The topological polar surface area (TPSA) is 46.4 Å². The van der Waals surface area contributed by atoms with Gasteiger partial charge in [0.25, 0.3) is 0 Å². The highest BCUT2D eigenvalue weighted by atomic mass is 32.1. The van der Waals surface area contributed by atoms with Gasteiger partial charge in [-0.15, -0.1) is 11.3 Å². The van der Waals surface area contributed by atoms with Gasteiger partial charge in [-0.3, -0.25) is 9.20 Å². The van der Waals surface area contributed by atoms with Crippen molar-refractivity contribution in [3.63, 3.8) is 0 Å². The van der Waals surface area contributed by atoms with Gasteiger partial charge in [0.2, 0.25) is 0 Å². The maximum absolute atomic E-state index is 11.7. The molecule has 0 saturated carbocycles. The van der Waals surface area contributed by atoms with E-state index in [-0.39, 0.29) is 5.92 Å². The molecule has 0 aliphatic carbocycles. The number of imidazole rings is 1. The number of nitrogens with zero attached hydrogens (tertiary/aromatic N) is 2. The van der Waals surface area contributed by atoms with Gasteiger partial charge in [-0.2, -0.15) is 0 Å². The van der Waals surface area contributed by atoms with E-state index >= 15 is 0 Å². The normalized spacial score (nSPS) is 16.8. The molecule has 0 bridgehead atoms. The molecular weight excluding hydrogens is 210 g/mol. The highest BCUT2D eigenvalue weighted by Gasteiger charge is 2.25. The molecule has 1 aliphatic heterocycles. The monoisotopic (exact) mass is 221 g/mol. The molecule has 0 spiro atoms. The lowest BCUT2D eigenvalue weighted by Crippen LogP contribution is -2.47. The third kappa shape index (κ3) is 1.57. The van der Waals surface area contributed by atoms with Crippen LogP contribution in [0.5, 0.6) is 0 Å². The van der Waals surface area contributed by atoms with Crippen LogP contribution in [0.4, 0.5) is 0 Å². The Morgan fingerprint density at radius 2 is 2.53 bits per heavy atom. The van der Waals surface area contributed by atoms with Gasteiger partial charge in [0.15, 0.2) is 4.96 Å². The van der Waals surface area contributed by atoms with Gasteiger partial charge < -0.3 is 5.32 Å². The Kier molecular flexibility index (Phi) is 2.07. The summed E-state index contributed by atoms with van der Waals surface area (Å²) in [6.45, 7) is 1.67. The van der Waals surface area contributed by atoms with Crippen molar-refractivity contribution in [1.82, 2.24) is 14.7 Å². The molecule has 3 rings (SSSR count). The highest BCUT2D eigenvalue weighted by molar-refractivity contribution is 7.15. The smallest absolute Gasteiger partial charge is 0.193 e. The molecule has 78 valence electrons. The zero-order valence-corrected chi connectivity index (χ0v) is 8.96. The summed E-state index contributed by atoms with van der Waals surface area (Å²) >= 11 is 1.59. The molecule has 1 aliphatic rings. The number of aromatic nitrogens is 2. The third-order valence-corrected chi connectivity index (χ3v) is 3.51. The van der Waals surface area contributed by atoms with E-state index in [4.69, 9.17) is 0 Å². The fourth-order valence-electron chi connectivity index (χ4n) is 1.70. The fraction of sp³-hybridized carbons (Fsp3) is 0.400. The number of Topliss-reactive ketones (excluding diaryl/α,β-unsaturated/α-hetero) is 1. The van der Waals surface area contributed by atoms with Crippen LogP contribution in [-0.2, 0) is 11.2 Å². The maximum Gasteiger partial charge on any atom is 0.193 e. The Morgan fingerprint density at radius 3 is 3.20 bits per heavy atom. The van der Waals surface area contributed by atoms with E-state index in [0.29, 0.717) is 12.2 Å². The second kappa shape index (κ2) is 3.43. The molecule has 1 N–H and O–H groups in total. The number of carbonyl (C=O) groups excluding carboxylic acids is 1. The molecule has 0 aromatic carbocycles. The molecule has 0 atom stereocenters. The summed E-state index contributed by atoms with van der Waals surface area (Å²) in [6, 6.07) is 0. The Hall–Kier alpha value is -1.20. The fourth-order valence-corrected chi connectivity index (χ4v) is 2.42. The first kappa shape index (κ1) is 9.06. The zero-order valence-electron chi connectivity index (χ0n) is 8.14. The van der Waals surface area contributed by atoms with E-state index in [2.05, 4.69) is 10.3 Å². The lowest BCUT2D eigenvalue weighted by molar-refractivity contribution is -0.123. The quantitative estimate of drug-likeness (QED) is 0.831. The molecule has 0 radical (unpaired) electrons. The van der Waals surface area contributed by atoms with Gasteiger partial charge in [0.05, 0.1) is 12.1 Å². The van der Waals surface area contributed by atoms with Gasteiger partial charge in [0, 0.05) is 36.8 Å². The molecule has 0 amide bonds. The number of rotatable bonds is 3. The minimum atomic E-state index is 0.213. The van der Waals surface area contributed by atoms with Crippen LogP contribution in [0.25, 0.3) is 4.96 Å². The Balaban J connectivity index is 1.76. The summed E-state index contributed by atoms with van der Waals surface area (Å²) in [5, 5.41) is 5.09. The van der Waals surface area contributed by atoms with E-state index in [1.807, 2.05) is 22.2 Å². The molecule has 15 heavy (non-hydrogen) atoms. The van der Waals surface area contributed by atoms with Gasteiger partial charge in [-0.05, 0) is 0 Å². The molecular formula is C10H11N3OS. The summed E-state index contributed by atoms with van der Waals surface area (Å²) in [5.41, 5.74) is 0.888. The molecule has 0 unspecified atom stereocenters. The second-order valence-corrected chi connectivity index (χ2v) is 4.70. The van der Waals surface area contributed by atoms with Crippen LogP contribution in [0.1, 0.15) is 5.69 Å².